The Balaban J connectivity index is 2.71. The summed E-state index contributed by atoms with van der Waals surface area (Å²) in [5, 5.41) is 3.01. The van der Waals surface area contributed by atoms with Crippen molar-refractivity contribution in [3.05, 3.63) is 33.7 Å². The summed E-state index contributed by atoms with van der Waals surface area (Å²) in [6, 6.07) is 1.80. The largest absolute Gasteiger partial charge is 0.328 e. The van der Waals surface area contributed by atoms with Gasteiger partial charge in [-0.05, 0) is 20.0 Å². The summed E-state index contributed by atoms with van der Waals surface area (Å²) >= 11 is 0. The van der Waals surface area contributed by atoms with Gasteiger partial charge in [-0.3, -0.25) is 4.79 Å². The summed E-state index contributed by atoms with van der Waals surface area (Å²) < 4.78 is 0. The normalized spacial score (nSPS) is 9.29. The van der Waals surface area contributed by atoms with Gasteiger partial charge >= 0.3 is 0 Å². The predicted octanol–water partition coefficient (Wildman–Crippen LogP) is 0.644. The second kappa shape index (κ2) is 5.25. The van der Waals surface area contributed by atoms with Crippen molar-refractivity contribution in [1.82, 2.24) is 10.3 Å². The number of nitrogens with one attached hydrogen (secondary N) is 2. The molecule has 0 saturated carbocycles. The van der Waals surface area contributed by atoms with Crippen LogP contribution in [-0.4, -0.2) is 18.6 Å². The van der Waals surface area contributed by atoms with Gasteiger partial charge in [0.2, 0.25) is 0 Å². The van der Waals surface area contributed by atoms with Gasteiger partial charge in [0.1, 0.15) is 0 Å². The molecule has 0 aliphatic carbocycles. The minimum Gasteiger partial charge on any atom is -0.328 e. The first-order valence-corrected chi connectivity index (χ1v) is 4.57. The third-order valence-corrected chi connectivity index (χ3v) is 1.82. The maximum absolute atomic E-state index is 11.0. The van der Waals surface area contributed by atoms with Gasteiger partial charge < -0.3 is 10.3 Å². The molecule has 3 nitrogen and oxygen atoms in total. The number of aromatic amines is 1. The molecular formula is C11H14N2O. The third-order valence-electron chi connectivity index (χ3n) is 1.82. The van der Waals surface area contributed by atoms with Crippen LogP contribution in [-0.2, 0) is 0 Å². The van der Waals surface area contributed by atoms with Crippen LogP contribution < -0.4 is 10.9 Å². The van der Waals surface area contributed by atoms with Crippen LogP contribution in [0.15, 0.2) is 17.1 Å². The average Bonchev–Trinajstić information content (AvgIpc) is 2.18. The molecule has 0 unspecified atom stereocenters. The smallest absolute Gasteiger partial charge is 0.250 e. The fourth-order valence-electron chi connectivity index (χ4n) is 1.02. The van der Waals surface area contributed by atoms with Crippen molar-refractivity contribution >= 4 is 0 Å². The highest BCUT2D eigenvalue weighted by atomic mass is 16.1. The number of rotatable bonds is 2. The van der Waals surface area contributed by atoms with Gasteiger partial charge in [-0.2, -0.15) is 0 Å². The lowest BCUT2D eigenvalue weighted by Gasteiger charge is -1.92. The molecular weight excluding hydrogens is 176 g/mol. The van der Waals surface area contributed by atoms with E-state index in [0.29, 0.717) is 5.56 Å². The molecule has 0 aliphatic rings. The predicted molar refractivity (Wildman–Crippen MR) is 57.2 cm³/mol. The van der Waals surface area contributed by atoms with E-state index >= 15 is 0 Å². The molecule has 14 heavy (non-hydrogen) atoms. The van der Waals surface area contributed by atoms with Crippen LogP contribution in [0, 0.1) is 18.8 Å². The minimum absolute atomic E-state index is 0.0502. The summed E-state index contributed by atoms with van der Waals surface area (Å²) in [7, 11) is 1.89. The summed E-state index contributed by atoms with van der Waals surface area (Å²) in [5.74, 6) is 6.00. The Morgan fingerprint density at radius 2 is 2.36 bits per heavy atom. The van der Waals surface area contributed by atoms with Crippen LogP contribution in [0.4, 0.5) is 0 Å². The molecule has 1 heterocycles. The van der Waals surface area contributed by atoms with E-state index in [1.807, 2.05) is 7.05 Å². The lowest BCUT2D eigenvalue weighted by molar-refractivity contribution is 0.818. The molecule has 2 N–H and O–H groups in total. The highest BCUT2D eigenvalue weighted by Gasteiger charge is 1.92. The van der Waals surface area contributed by atoms with Crippen molar-refractivity contribution in [2.24, 2.45) is 0 Å². The van der Waals surface area contributed by atoms with Crippen LogP contribution in [0.1, 0.15) is 17.5 Å². The highest BCUT2D eigenvalue weighted by Crippen LogP contribution is 1.94. The number of H-pyrrole nitrogens is 1. The van der Waals surface area contributed by atoms with E-state index in [4.69, 9.17) is 0 Å². The van der Waals surface area contributed by atoms with Crippen molar-refractivity contribution < 1.29 is 0 Å². The maximum Gasteiger partial charge on any atom is 0.250 e. The first-order chi connectivity index (χ1) is 6.74. The first kappa shape index (κ1) is 10.6. The second-order valence-corrected chi connectivity index (χ2v) is 3.06. The molecule has 74 valence electrons. The summed E-state index contributed by atoms with van der Waals surface area (Å²) in [4.78, 5) is 13.7. The van der Waals surface area contributed by atoms with Gasteiger partial charge in [0.15, 0.2) is 0 Å². The van der Waals surface area contributed by atoms with Crippen LogP contribution in [0.5, 0.6) is 0 Å². The molecule has 1 aromatic heterocycles. The fraction of sp³-hybridized carbons (Fsp3) is 0.364. The van der Waals surface area contributed by atoms with Crippen molar-refractivity contribution in [2.45, 2.75) is 13.3 Å². The van der Waals surface area contributed by atoms with E-state index in [1.165, 1.54) is 0 Å². The molecule has 0 spiro atoms. The number of aryl methyl sites for hydroxylation is 1. The van der Waals surface area contributed by atoms with Gasteiger partial charge in [0.05, 0.1) is 0 Å². The lowest BCUT2D eigenvalue weighted by atomic mass is 10.2. The van der Waals surface area contributed by atoms with Gasteiger partial charge in [-0.25, -0.2) is 0 Å². The summed E-state index contributed by atoms with van der Waals surface area (Å²) in [6.45, 7) is 2.66. The monoisotopic (exact) mass is 190 g/mol. The van der Waals surface area contributed by atoms with Crippen molar-refractivity contribution in [3.63, 3.8) is 0 Å². The minimum atomic E-state index is -0.0502. The number of hydrogen-bond acceptors (Lipinski definition) is 2. The molecule has 0 aliphatic heterocycles. The molecule has 0 fully saturated rings. The molecule has 3 heteroatoms. The quantitative estimate of drug-likeness (QED) is 0.531. The number of aromatic nitrogens is 1. The average molecular weight is 190 g/mol. The van der Waals surface area contributed by atoms with Crippen molar-refractivity contribution in [2.75, 3.05) is 13.6 Å². The zero-order valence-corrected chi connectivity index (χ0v) is 8.48. The van der Waals surface area contributed by atoms with Crippen molar-refractivity contribution in [1.29, 1.82) is 0 Å². The molecule has 0 radical (unpaired) electrons. The molecule has 0 atom stereocenters. The topological polar surface area (TPSA) is 44.9 Å². The summed E-state index contributed by atoms with van der Waals surface area (Å²) in [6.07, 6.45) is 2.45. The standard InChI is InChI=1S/C11H14N2O/c1-9-7-10(8-13-11(9)14)5-3-4-6-12-2/h7-8,12H,4,6H2,1-2H3,(H,13,14). The van der Waals surface area contributed by atoms with Crippen molar-refractivity contribution in [3.8, 4) is 11.8 Å². The Labute approximate surface area is 83.6 Å². The maximum atomic E-state index is 11.0. The molecule has 1 rings (SSSR count). The molecule has 0 amide bonds. The van der Waals surface area contributed by atoms with Gasteiger partial charge in [0, 0.05) is 30.3 Å². The first-order valence-electron chi connectivity index (χ1n) is 4.57. The zero-order chi connectivity index (χ0) is 10.4. The van der Waals surface area contributed by atoms with E-state index in [0.717, 1.165) is 18.5 Å². The SMILES string of the molecule is CNCCC#Cc1c[nH]c(=O)c(C)c1. The Hall–Kier alpha value is -1.53. The zero-order valence-electron chi connectivity index (χ0n) is 8.48. The van der Waals surface area contributed by atoms with Gasteiger partial charge in [-0.15, -0.1) is 0 Å². The van der Waals surface area contributed by atoms with Crippen LogP contribution in [0.3, 0.4) is 0 Å². The third kappa shape index (κ3) is 3.08. The molecule has 0 bridgehead atoms. The van der Waals surface area contributed by atoms with Crippen LogP contribution >= 0.6 is 0 Å². The fourth-order valence-corrected chi connectivity index (χ4v) is 1.02. The Bertz CT molecular complexity index is 409. The Morgan fingerprint density at radius 1 is 1.57 bits per heavy atom. The highest BCUT2D eigenvalue weighted by molar-refractivity contribution is 5.33. The molecule has 0 saturated heterocycles. The van der Waals surface area contributed by atoms with E-state index in [9.17, 15) is 4.79 Å². The summed E-state index contributed by atoms with van der Waals surface area (Å²) in [5.41, 5.74) is 1.51. The van der Waals surface area contributed by atoms with E-state index in [2.05, 4.69) is 22.1 Å². The van der Waals surface area contributed by atoms with E-state index in [-0.39, 0.29) is 5.56 Å². The molecule has 1 aromatic rings. The Kier molecular flexibility index (Phi) is 3.96. The van der Waals surface area contributed by atoms with Crippen LogP contribution in [0.25, 0.3) is 0 Å². The molecule has 0 aromatic carbocycles. The number of hydrogen-bond donors (Lipinski definition) is 2. The lowest BCUT2D eigenvalue weighted by Crippen LogP contribution is -2.08. The Morgan fingerprint density at radius 3 is 3.00 bits per heavy atom. The van der Waals surface area contributed by atoms with Gasteiger partial charge in [0.25, 0.3) is 5.56 Å². The number of pyridine rings is 1. The van der Waals surface area contributed by atoms with E-state index in [1.54, 1.807) is 19.2 Å². The van der Waals surface area contributed by atoms with Gasteiger partial charge in [-0.1, -0.05) is 11.8 Å². The van der Waals surface area contributed by atoms with E-state index < -0.39 is 0 Å². The second-order valence-electron chi connectivity index (χ2n) is 3.06. The van der Waals surface area contributed by atoms with Crippen LogP contribution in [0.2, 0.25) is 0 Å².